The van der Waals surface area contributed by atoms with Crippen LogP contribution in [0, 0.1) is 17.0 Å². The van der Waals surface area contributed by atoms with Gasteiger partial charge in [-0.2, -0.15) is 0 Å². The summed E-state index contributed by atoms with van der Waals surface area (Å²) >= 11 is 12.0. The van der Waals surface area contributed by atoms with Crippen molar-refractivity contribution in [3.63, 3.8) is 0 Å². The van der Waals surface area contributed by atoms with Crippen LogP contribution >= 0.6 is 23.2 Å². The summed E-state index contributed by atoms with van der Waals surface area (Å²) in [6.45, 7) is 6.86. The van der Waals surface area contributed by atoms with Gasteiger partial charge in [0.2, 0.25) is 6.41 Å². The van der Waals surface area contributed by atoms with Gasteiger partial charge in [-0.1, -0.05) is 56.1 Å². The molecular formula is C22H24Cl2F2N2O. The first-order valence-corrected chi connectivity index (χ1v) is 10.2. The van der Waals surface area contributed by atoms with Gasteiger partial charge in [-0.05, 0) is 41.2 Å². The van der Waals surface area contributed by atoms with E-state index in [9.17, 15) is 13.6 Å². The molecule has 1 saturated heterocycles. The number of rotatable bonds is 5. The van der Waals surface area contributed by atoms with Crippen LogP contribution in [0.3, 0.4) is 0 Å². The second-order valence-electron chi connectivity index (χ2n) is 8.67. The Hall–Kier alpha value is -1.69. The third-order valence-electron chi connectivity index (χ3n) is 5.35. The zero-order valence-corrected chi connectivity index (χ0v) is 18.0. The second-order valence-corrected chi connectivity index (χ2v) is 9.49. The first kappa shape index (κ1) is 22.0. The molecule has 1 amide bonds. The van der Waals surface area contributed by atoms with Gasteiger partial charge in [0.25, 0.3) is 0 Å². The highest BCUT2D eigenvalue weighted by Crippen LogP contribution is 2.47. The quantitative estimate of drug-likeness (QED) is 0.550. The van der Waals surface area contributed by atoms with Crippen LogP contribution in [-0.2, 0) is 4.79 Å². The first-order valence-electron chi connectivity index (χ1n) is 9.49. The van der Waals surface area contributed by atoms with Crippen molar-refractivity contribution in [3.05, 3.63) is 63.1 Å². The third kappa shape index (κ3) is 4.73. The minimum absolute atomic E-state index is 0.0130. The molecule has 2 aromatic rings. The van der Waals surface area contributed by atoms with Gasteiger partial charge in [-0.3, -0.25) is 4.79 Å². The fourth-order valence-electron chi connectivity index (χ4n) is 4.24. The average molecular weight is 441 g/mol. The van der Waals surface area contributed by atoms with E-state index >= 15 is 0 Å². The van der Waals surface area contributed by atoms with E-state index < -0.39 is 11.6 Å². The van der Waals surface area contributed by atoms with Crippen LogP contribution in [0.15, 0.2) is 30.3 Å². The number of carbonyl (C=O) groups is 1. The van der Waals surface area contributed by atoms with Gasteiger partial charge in [0.1, 0.15) is 11.6 Å². The van der Waals surface area contributed by atoms with E-state index in [4.69, 9.17) is 23.2 Å². The van der Waals surface area contributed by atoms with Crippen molar-refractivity contribution in [1.82, 2.24) is 5.32 Å². The van der Waals surface area contributed by atoms with Crippen LogP contribution in [-0.4, -0.2) is 19.0 Å². The zero-order valence-electron chi connectivity index (χ0n) is 16.5. The highest BCUT2D eigenvalue weighted by molar-refractivity contribution is 6.31. The lowest BCUT2D eigenvalue weighted by Gasteiger charge is -2.31. The molecule has 3 rings (SSSR count). The first-order chi connectivity index (χ1) is 13.6. The van der Waals surface area contributed by atoms with E-state index in [0.717, 1.165) is 6.42 Å². The molecule has 0 aromatic heterocycles. The molecule has 1 aliphatic heterocycles. The molecule has 3 nitrogen and oxygen atoms in total. The molecule has 1 aliphatic rings. The Bertz CT molecular complexity index is 914. The number of hydrogen-bond acceptors (Lipinski definition) is 2. The molecule has 2 N–H and O–H groups in total. The molecule has 0 unspecified atom stereocenters. The van der Waals surface area contributed by atoms with E-state index in [1.165, 1.54) is 18.2 Å². The lowest BCUT2D eigenvalue weighted by atomic mass is 9.75. The fourth-order valence-corrected chi connectivity index (χ4v) is 4.59. The van der Waals surface area contributed by atoms with Crippen molar-refractivity contribution in [3.8, 4) is 0 Å². The van der Waals surface area contributed by atoms with Gasteiger partial charge in [-0.25, -0.2) is 8.78 Å². The van der Waals surface area contributed by atoms with Crippen LogP contribution in [0.5, 0.6) is 0 Å². The topological polar surface area (TPSA) is 41.1 Å². The minimum Gasteiger partial charge on any atom is -0.328 e. The summed E-state index contributed by atoms with van der Waals surface area (Å²) in [5, 5.41) is 6.07. The van der Waals surface area contributed by atoms with E-state index in [2.05, 4.69) is 31.4 Å². The molecule has 1 heterocycles. The van der Waals surface area contributed by atoms with Gasteiger partial charge in [-0.15, -0.1) is 0 Å². The molecule has 156 valence electrons. The summed E-state index contributed by atoms with van der Waals surface area (Å²) in [7, 11) is 0. The summed E-state index contributed by atoms with van der Waals surface area (Å²) in [6, 6.07) is 7.62. The van der Waals surface area contributed by atoms with Crippen molar-refractivity contribution in [2.45, 2.75) is 45.1 Å². The SMILES string of the molecule is CC(C)(C)C[C@H]1NC[C@H](c2cccc(Cl)c2F)[C@@H]1c1cc(F)c(Cl)cc1NC=O. The van der Waals surface area contributed by atoms with E-state index in [0.29, 0.717) is 29.8 Å². The monoisotopic (exact) mass is 440 g/mol. The Morgan fingerprint density at radius 1 is 1.17 bits per heavy atom. The Morgan fingerprint density at radius 3 is 2.55 bits per heavy atom. The molecule has 2 aromatic carbocycles. The van der Waals surface area contributed by atoms with Gasteiger partial charge in [0, 0.05) is 30.1 Å². The maximum Gasteiger partial charge on any atom is 0.211 e. The summed E-state index contributed by atoms with van der Waals surface area (Å²) < 4.78 is 29.3. The van der Waals surface area contributed by atoms with Crippen LogP contribution in [0.25, 0.3) is 0 Å². The zero-order chi connectivity index (χ0) is 21.3. The molecule has 0 bridgehead atoms. The summed E-state index contributed by atoms with van der Waals surface area (Å²) in [6.07, 6.45) is 1.31. The molecule has 0 saturated carbocycles. The van der Waals surface area contributed by atoms with Gasteiger partial charge < -0.3 is 10.6 Å². The van der Waals surface area contributed by atoms with Gasteiger partial charge in [0.05, 0.1) is 10.0 Å². The Morgan fingerprint density at radius 2 is 1.90 bits per heavy atom. The lowest BCUT2D eigenvalue weighted by molar-refractivity contribution is -0.105. The summed E-state index contributed by atoms with van der Waals surface area (Å²) in [5.41, 5.74) is 1.47. The second kappa shape index (κ2) is 8.58. The number of benzene rings is 2. The number of anilines is 1. The fraction of sp³-hybridized carbons (Fsp3) is 0.409. The molecule has 29 heavy (non-hydrogen) atoms. The number of nitrogens with one attached hydrogen (secondary N) is 2. The largest absolute Gasteiger partial charge is 0.328 e. The summed E-state index contributed by atoms with van der Waals surface area (Å²) in [4.78, 5) is 11.2. The highest BCUT2D eigenvalue weighted by Gasteiger charge is 2.42. The standard InChI is InChI=1S/C22H24Cl2F2N2O/c1-22(2,3)9-19-20(13-7-17(25)16(24)8-18(13)28-11-29)14(10-27-19)12-5-4-6-15(23)21(12)26/h4-8,11,14,19-20,27H,9-10H2,1-3H3,(H,28,29)/t14-,19-,20+/m1/s1. The lowest BCUT2D eigenvalue weighted by Crippen LogP contribution is -2.31. The number of carbonyl (C=O) groups excluding carboxylic acids is 1. The molecular weight excluding hydrogens is 417 g/mol. The van der Waals surface area contributed by atoms with E-state index in [1.807, 2.05) is 0 Å². The van der Waals surface area contributed by atoms with Crippen molar-refractivity contribution < 1.29 is 13.6 Å². The Kier molecular flexibility index (Phi) is 6.51. The smallest absolute Gasteiger partial charge is 0.211 e. The van der Waals surface area contributed by atoms with Crippen LogP contribution in [0.4, 0.5) is 14.5 Å². The molecule has 0 radical (unpaired) electrons. The van der Waals surface area contributed by atoms with Crippen molar-refractivity contribution in [1.29, 1.82) is 0 Å². The molecule has 0 aliphatic carbocycles. The van der Waals surface area contributed by atoms with Gasteiger partial charge >= 0.3 is 0 Å². The average Bonchev–Trinajstić information content (AvgIpc) is 3.02. The van der Waals surface area contributed by atoms with E-state index in [1.54, 1.807) is 12.1 Å². The molecule has 1 fully saturated rings. The third-order valence-corrected chi connectivity index (χ3v) is 5.93. The van der Waals surface area contributed by atoms with Gasteiger partial charge in [0.15, 0.2) is 0 Å². The number of amides is 1. The number of hydrogen-bond donors (Lipinski definition) is 2. The maximum absolute atomic E-state index is 14.9. The Labute approximate surface area is 179 Å². The van der Waals surface area contributed by atoms with Crippen molar-refractivity contribution in [2.24, 2.45) is 5.41 Å². The maximum atomic E-state index is 14.9. The highest BCUT2D eigenvalue weighted by atomic mass is 35.5. The van der Waals surface area contributed by atoms with Crippen molar-refractivity contribution in [2.75, 3.05) is 11.9 Å². The predicted octanol–water partition coefficient (Wildman–Crippen LogP) is 6.12. The summed E-state index contributed by atoms with van der Waals surface area (Å²) in [5.74, 6) is -1.61. The Balaban J connectivity index is 2.16. The molecule has 3 atom stereocenters. The van der Waals surface area contributed by atoms with E-state index in [-0.39, 0.29) is 33.3 Å². The molecule has 7 heteroatoms. The molecule has 0 spiro atoms. The van der Waals surface area contributed by atoms with Crippen molar-refractivity contribution >= 4 is 35.3 Å². The van der Waals surface area contributed by atoms with Crippen LogP contribution in [0.2, 0.25) is 10.0 Å². The minimum atomic E-state index is -0.579. The number of halogens is 4. The van der Waals surface area contributed by atoms with Crippen LogP contribution in [0.1, 0.15) is 50.2 Å². The van der Waals surface area contributed by atoms with Crippen LogP contribution < -0.4 is 10.6 Å². The normalized spacial score (nSPS) is 22.0. The predicted molar refractivity (Wildman–Crippen MR) is 114 cm³/mol.